The molecule has 0 N–H and O–H groups in total. The van der Waals surface area contributed by atoms with Crippen LogP contribution in [0.25, 0.3) is 73.7 Å². The molecule has 0 saturated carbocycles. The van der Waals surface area contributed by atoms with Gasteiger partial charge in [-0.2, -0.15) is 15.8 Å². The van der Waals surface area contributed by atoms with Gasteiger partial charge in [0.1, 0.15) is 12.1 Å². The van der Waals surface area contributed by atoms with Crippen molar-refractivity contribution in [3.8, 4) is 51.6 Å². The maximum absolute atomic E-state index is 10.7. The van der Waals surface area contributed by atoms with Crippen LogP contribution in [0.4, 0.5) is 0 Å². The summed E-state index contributed by atoms with van der Waals surface area (Å²) in [4.78, 5) is 0. The second-order valence-corrected chi connectivity index (χ2v) is 12.8. The number of nitrogens with zero attached hydrogens (tertiary/aromatic N) is 3. The minimum atomic E-state index is 0.418. The van der Waals surface area contributed by atoms with Gasteiger partial charge in [-0.05, 0) is 71.3 Å². The Hall–Kier alpha value is -5.77. The molecule has 0 fully saturated rings. The summed E-state index contributed by atoms with van der Waals surface area (Å²) in [6.45, 7) is 0. The summed E-state index contributed by atoms with van der Waals surface area (Å²) in [5.41, 5.74) is 5.85. The second-order valence-electron chi connectivity index (χ2n) is 10.6. The minimum absolute atomic E-state index is 0.418. The molecule has 0 atom stereocenters. The lowest BCUT2D eigenvalue weighted by Crippen LogP contribution is -1.98. The Morgan fingerprint density at radius 3 is 1.45 bits per heavy atom. The van der Waals surface area contributed by atoms with E-state index in [0.717, 1.165) is 33.0 Å². The number of fused-ring (bicyclic) bond motifs is 6. The van der Waals surface area contributed by atoms with Crippen molar-refractivity contribution in [2.45, 2.75) is 0 Å². The highest BCUT2D eigenvalue weighted by Crippen LogP contribution is 2.44. The Morgan fingerprint density at radius 1 is 0.409 bits per heavy atom. The van der Waals surface area contributed by atoms with Crippen LogP contribution in [0.3, 0.4) is 0 Å². The van der Waals surface area contributed by atoms with E-state index < -0.39 is 0 Å². The van der Waals surface area contributed by atoms with Gasteiger partial charge in [0.25, 0.3) is 0 Å². The zero-order chi connectivity index (χ0) is 29.8. The molecule has 0 unspecified atom stereocenters. The fourth-order valence-corrected chi connectivity index (χ4v) is 8.36. The molecule has 0 saturated heterocycles. The normalized spacial score (nSPS) is 11.1. The average Bonchev–Trinajstić information content (AvgIpc) is 3.64. The molecule has 0 aliphatic carbocycles. The van der Waals surface area contributed by atoms with Crippen LogP contribution in [-0.4, -0.2) is 0 Å². The first-order valence-corrected chi connectivity index (χ1v) is 15.6. The molecule has 0 bridgehead atoms. The van der Waals surface area contributed by atoms with E-state index in [4.69, 9.17) is 0 Å². The third-order valence-corrected chi connectivity index (χ3v) is 10.5. The highest BCUT2D eigenvalue weighted by atomic mass is 32.1. The van der Waals surface area contributed by atoms with Gasteiger partial charge in [-0.1, -0.05) is 60.7 Å². The van der Waals surface area contributed by atoms with Crippen molar-refractivity contribution in [2.24, 2.45) is 0 Å². The molecule has 0 radical (unpaired) electrons. The number of hydrogen-bond acceptors (Lipinski definition) is 5. The van der Waals surface area contributed by atoms with Gasteiger partial charge in [-0.25, -0.2) is 0 Å². The zero-order valence-corrected chi connectivity index (χ0v) is 24.8. The van der Waals surface area contributed by atoms with E-state index >= 15 is 0 Å². The fourth-order valence-electron chi connectivity index (χ4n) is 6.19. The molecule has 8 rings (SSSR count). The molecule has 2 aromatic heterocycles. The van der Waals surface area contributed by atoms with Gasteiger partial charge in [0, 0.05) is 57.0 Å². The summed E-state index contributed by atoms with van der Waals surface area (Å²) in [6.07, 6.45) is 0. The maximum atomic E-state index is 10.7. The lowest BCUT2D eigenvalue weighted by molar-refractivity contribution is 1.43. The van der Waals surface area contributed by atoms with Crippen molar-refractivity contribution in [1.29, 1.82) is 15.8 Å². The summed E-state index contributed by atoms with van der Waals surface area (Å²) in [5, 5.41) is 35.7. The van der Waals surface area contributed by atoms with E-state index in [1.807, 2.05) is 24.3 Å². The van der Waals surface area contributed by atoms with E-state index in [1.165, 1.54) is 29.6 Å². The van der Waals surface area contributed by atoms with Crippen molar-refractivity contribution in [3.05, 3.63) is 132 Å². The highest BCUT2D eigenvalue weighted by Gasteiger charge is 2.23. The molecule has 0 aliphatic heterocycles. The molecule has 5 heteroatoms. The van der Waals surface area contributed by atoms with Crippen molar-refractivity contribution < 1.29 is 0 Å². The van der Waals surface area contributed by atoms with Crippen LogP contribution >= 0.6 is 22.7 Å². The van der Waals surface area contributed by atoms with Gasteiger partial charge >= 0.3 is 0 Å². The lowest BCUT2D eigenvalue weighted by atomic mass is 9.83. The highest BCUT2D eigenvalue weighted by molar-refractivity contribution is 7.26. The number of thiophene rings is 2. The van der Waals surface area contributed by atoms with Gasteiger partial charge < -0.3 is 0 Å². The van der Waals surface area contributed by atoms with E-state index in [9.17, 15) is 15.8 Å². The van der Waals surface area contributed by atoms with E-state index in [1.54, 1.807) is 40.9 Å². The molecule has 8 aromatic rings. The Bertz CT molecular complexity index is 2450. The Labute approximate surface area is 261 Å². The molecule has 6 aromatic carbocycles. The van der Waals surface area contributed by atoms with Crippen LogP contribution in [-0.2, 0) is 0 Å². The Balaban J connectivity index is 1.47. The van der Waals surface area contributed by atoms with Crippen molar-refractivity contribution in [3.63, 3.8) is 0 Å². The molecular weight excluding hydrogens is 575 g/mol. The first-order valence-electron chi connectivity index (χ1n) is 14.0. The predicted octanol–water partition coefficient (Wildman–Crippen LogP) is 11.0. The van der Waals surface area contributed by atoms with Gasteiger partial charge in [-0.3, -0.25) is 0 Å². The Morgan fingerprint density at radius 2 is 0.932 bits per heavy atom. The lowest BCUT2D eigenvalue weighted by Gasteiger charge is -2.17. The van der Waals surface area contributed by atoms with Crippen LogP contribution in [0.2, 0.25) is 0 Å². The fraction of sp³-hybridized carbons (Fsp3) is 0. The largest absolute Gasteiger partial charge is 0.192 e. The van der Waals surface area contributed by atoms with Crippen LogP contribution in [0.5, 0.6) is 0 Å². The van der Waals surface area contributed by atoms with Crippen LogP contribution in [0.1, 0.15) is 16.7 Å². The quantitative estimate of drug-likeness (QED) is 0.205. The first kappa shape index (κ1) is 25.9. The topological polar surface area (TPSA) is 71.4 Å². The minimum Gasteiger partial charge on any atom is -0.192 e. The molecular formula is C39H19N3S2. The maximum Gasteiger partial charge on any atom is 0.100 e. The number of benzene rings is 6. The molecule has 44 heavy (non-hydrogen) atoms. The molecule has 2 heterocycles. The van der Waals surface area contributed by atoms with Crippen molar-refractivity contribution >= 4 is 63.0 Å². The molecule has 0 aliphatic rings. The number of hydrogen-bond donors (Lipinski definition) is 0. The molecule has 3 nitrogen and oxygen atoms in total. The van der Waals surface area contributed by atoms with Gasteiger partial charge in [0.05, 0.1) is 22.8 Å². The monoisotopic (exact) mass is 593 g/mol. The second kappa shape index (κ2) is 10.2. The van der Waals surface area contributed by atoms with Crippen LogP contribution in [0.15, 0.2) is 115 Å². The zero-order valence-electron chi connectivity index (χ0n) is 23.1. The standard InChI is InChI=1S/C39H19N3S2/c40-20-23-6-5-7-26(16-23)39-33(21-41)29(24-12-14-37-31(17-24)27-8-1-3-10-35(27)43-37)19-30(34(39)22-42)25-13-15-38-32(18-25)28-9-2-4-11-36(28)44-38/h1-19H. The molecule has 202 valence electrons. The van der Waals surface area contributed by atoms with Gasteiger partial charge in [-0.15, -0.1) is 22.7 Å². The summed E-state index contributed by atoms with van der Waals surface area (Å²) >= 11 is 3.50. The average molecular weight is 594 g/mol. The smallest absolute Gasteiger partial charge is 0.100 e. The van der Waals surface area contributed by atoms with Crippen LogP contribution < -0.4 is 0 Å². The van der Waals surface area contributed by atoms with Gasteiger partial charge in [0.2, 0.25) is 0 Å². The summed E-state index contributed by atoms with van der Waals surface area (Å²) in [7, 11) is 0. The van der Waals surface area contributed by atoms with Crippen LogP contribution in [0, 0.1) is 34.0 Å². The summed E-state index contributed by atoms with van der Waals surface area (Å²) in [6, 6.07) is 45.7. The summed E-state index contributed by atoms with van der Waals surface area (Å²) < 4.78 is 4.79. The van der Waals surface area contributed by atoms with Crippen molar-refractivity contribution in [1.82, 2.24) is 0 Å². The SMILES string of the molecule is N#Cc1cccc(-c2c(C#N)c(-c3ccc4sc5ccccc5c4c3)cc(-c3ccc4sc5ccccc5c4c3)c2C#N)c1. The Kier molecular flexibility index (Phi) is 6.00. The van der Waals surface area contributed by atoms with Crippen molar-refractivity contribution in [2.75, 3.05) is 0 Å². The van der Waals surface area contributed by atoms with E-state index in [-0.39, 0.29) is 0 Å². The molecule has 0 spiro atoms. The number of nitriles is 3. The first-order chi connectivity index (χ1) is 21.7. The van der Waals surface area contributed by atoms with E-state index in [0.29, 0.717) is 27.8 Å². The van der Waals surface area contributed by atoms with Gasteiger partial charge in [0.15, 0.2) is 0 Å². The number of rotatable bonds is 3. The third kappa shape index (κ3) is 3.98. The third-order valence-electron chi connectivity index (χ3n) is 8.21. The summed E-state index contributed by atoms with van der Waals surface area (Å²) in [5.74, 6) is 0. The van der Waals surface area contributed by atoms with E-state index in [2.05, 4.69) is 91.0 Å². The predicted molar refractivity (Wildman–Crippen MR) is 183 cm³/mol. The molecule has 0 amide bonds.